The summed E-state index contributed by atoms with van der Waals surface area (Å²) in [5, 5.41) is 6.76. The zero-order valence-corrected chi connectivity index (χ0v) is 18.9. The van der Waals surface area contributed by atoms with Gasteiger partial charge in [0.15, 0.2) is 6.40 Å². The lowest BCUT2D eigenvalue weighted by Gasteiger charge is -2.25. The first kappa shape index (κ1) is 22.1. The minimum absolute atomic E-state index is 0.354. The largest absolute Gasteiger partial charge is 0.445 e. The number of nitrogens with one attached hydrogen (secondary N) is 2. The number of fused-ring (bicyclic) bond motifs is 4. The minimum Gasteiger partial charge on any atom is -0.445 e. The summed E-state index contributed by atoms with van der Waals surface area (Å²) in [6.45, 7) is 0.354. The van der Waals surface area contributed by atoms with Crippen LogP contribution in [-0.2, 0) is 16.0 Å². The van der Waals surface area contributed by atoms with Crippen molar-refractivity contribution in [1.29, 1.82) is 0 Å². The molecule has 2 aromatic rings. The monoisotopic (exact) mass is 467 g/mol. The molecule has 1 unspecified atom stereocenters. The predicted molar refractivity (Wildman–Crippen MR) is 136 cm³/mol. The highest BCUT2D eigenvalue weighted by atomic mass is 16.5. The first-order valence-corrected chi connectivity index (χ1v) is 11.2. The van der Waals surface area contributed by atoms with Crippen molar-refractivity contribution in [1.82, 2.24) is 4.90 Å². The third kappa shape index (κ3) is 5.11. The van der Waals surface area contributed by atoms with Crippen LogP contribution in [0.25, 0.3) is 0 Å². The van der Waals surface area contributed by atoms with Crippen molar-refractivity contribution in [2.24, 2.45) is 10.7 Å². The van der Waals surface area contributed by atoms with Gasteiger partial charge in [0, 0.05) is 12.4 Å². The summed E-state index contributed by atoms with van der Waals surface area (Å²) in [6.07, 6.45) is 14.9. The van der Waals surface area contributed by atoms with Crippen molar-refractivity contribution in [3.05, 3.63) is 114 Å². The SMILES string of the molecule is NC(=O)C1C=C2CN1/C=C/N=C/Oc1ccccc1C/C=C/C=C/C1=C(Nc3ccccc3N1)O2. The molecule has 176 valence electrons. The normalized spacial score (nSPS) is 22.7. The second-order valence-electron chi connectivity index (χ2n) is 8.06. The molecule has 0 radical (unpaired) electrons. The molecule has 0 saturated heterocycles. The average molecular weight is 468 g/mol. The molecule has 8 heteroatoms. The third-order valence-corrected chi connectivity index (χ3v) is 5.66. The van der Waals surface area contributed by atoms with Gasteiger partial charge in [0.05, 0.1) is 17.9 Å². The summed E-state index contributed by atoms with van der Waals surface area (Å²) in [5.74, 6) is 1.38. The number of anilines is 2. The van der Waals surface area contributed by atoms with Gasteiger partial charge in [-0.1, -0.05) is 48.6 Å². The van der Waals surface area contributed by atoms with Crippen LogP contribution in [0.5, 0.6) is 5.75 Å². The molecule has 1 atom stereocenters. The lowest BCUT2D eigenvalue weighted by atomic mass is 10.1. The highest BCUT2D eigenvalue weighted by molar-refractivity contribution is 5.83. The molecule has 3 heterocycles. The Morgan fingerprint density at radius 2 is 1.86 bits per heavy atom. The number of hydrogen-bond acceptors (Lipinski definition) is 7. The lowest BCUT2D eigenvalue weighted by Crippen LogP contribution is -2.37. The Kier molecular flexibility index (Phi) is 6.34. The maximum Gasteiger partial charge on any atom is 0.244 e. The lowest BCUT2D eigenvalue weighted by molar-refractivity contribution is -0.120. The van der Waals surface area contributed by atoms with Crippen molar-refractivity contribution < 1.29 is 14.3 Å². The molecule has 1 amide bonds. The molecule has 0 aromatic heterocycles. The van der Waals surface area contributed by atoms with E-state index in [1.807, 2.05) is 66.8 Å². The van der Waals surface area contributed by atoms with Crippen LogP contribution < -0.4 is 21.1 Å². The van der Waals surface area contributed by atoms with Crippen LogP contribution >= 0.6 is 0 Å². The van der Waals surface area contributed by atoms with E-state index in [0.717, 1.165) is 28.4 Å². The van der Waals surface area contributed by atoms with E-state index in [1.54, 1.807) is 23.4 Å². The van der Waals surface area contributed by atoms with Crippen LogP contribution in [0.3, 0.4) is 0 Å². The summed E-state index contributed by atoms with van der Waals surface area (Å²) < 4.78 is 11.9. The molecule has 0 spiro atoms. The van der Waals surface area contributed by atoms with Crippen molar-refractivity contribution in [2.45, 2.75) is 12.5 Å². The Hall–Kier alpha value is -4.72. The molecule has 0 saturated carbocycles. The number of carbonyl (C=O) groups is 1. The molecule has 0 aliphatic carbocycles. The molecular weight excluding hydrogens is 442 g/mol. The minimum atomic E-state index is -0.647. The zero-order valence-electron chi connectivity index (χ0n) is 18.9. The summed E-state index contributed by atoms with van der Waals surface area (Å²) in [4.78, 5) is 18.0. The third-order valence-electron chi connectivity index (χ3n) is 5.66. The molecule has 5 rings (SSSR count). The number of aliphatic imine (C=N–C) groups is 1. The van der Waals surface area contributed by atoms with Crippen LogP contribution in [-0.4, -0.2) is 29.8 Å². The topological polar surface area (TPSA) is 101 Å². The smallest absolute Gasteiger partial charge is 0.244 e. The Morgan fingerprint density at radius 1 is 1.06 bits per heavy atom. The summed E-state index contributed by atoms with van der Waals surface area (Å²) in [7, 11) is 0. The average Bonchev–Trinajstić information content (AvgIpc) is 3.27. The van der Waals surface area contributed by atoms with E-state index in [0.29, 0.717) is 24.6 Å². The van der Waals surface area contributed by atoms with Gasteiger partial charge in [-0.2, -0.15) is 0 Å². The van der Waals surface area contributed by atoms with Crippen LogP contribution in [0.1, 0.15) is 5.56 Å². The summed E-state index contributed by atoms with van der Waals surface area (Å²) in [5.41, 5.74) is 9.26. The van der Waals surface area contributed by atoms with E-state index < -0.39 is 11.9 Å². The number of para-hydroxylation sites is 3. The predicted octanol–water partition coefficient (Wildman–Crippen LogP) is 4.01. The van der Waals surface area contributed by atoms with Crippen LogP contribution in [0.15, 0.2) is 114 Å². The maximum absolute atomic E-state index is 12.1. The fraction of sp³-hybridized carbons (Fsp3) is 0.111. The van der Waals surface area contributed by atoms with Crippen LogP contribution in [0.2, 0.25) is 0 Å². The first-order valence-electron chi connectivity index (χ1n) is 11.2. The number of primary amides is 1. The van der Waals surface area contributed by atoms with Crippen LogP contribution in [0, 0.1) is 0 Å². The highest BCUT2D eigenvalue weighted by Crippen LogP contribution is 2.32. The summed E-state index contributed by atoms with van der Waals surface area (Å²) in [6, 6.07) is 15.0. The van der Waals surface area contributed by atoms with Crippen molar-refractivity contribution >= 4 is 23.7 Å². The van der Waals surface area contributed by atoms with Gasteiger partial charge in [-0.15, -0.1) is 0 Å². The number of carbonyl (C=O) groups excluding carboxylic acids is 1. The second-order valence-corrected chi connectivity index (χ2v) is 8.06. The quantitative estimate of drug-likeness (QED) is 0.586. The molecule has 3 aliphatic heterocycles. The van der Waals surface area contributed by atoms with E-state index in [2.05, 4.69) is 21.7 Å². The van der Waals surface area contributed by atoms with Gasteiger partial charge >= 0.3 is 0 Å². The van der Waals surface area contributed by atoms with Gasteiger partial charge in [0.2, 0.25) is 11.8 Å². The summed E-state index contributed by atoms with van der Waals surface area (Å²) >= 11 is 0. The molecule has 8 nitrogen and oxygen atoms in total. The molecular formula is C27H25N5O3. The molecule has 2 bridgehead atoms. The molecule has 4 N–H and O–H groups in total. The Balaban J connectivity index is 1.49. The first-order chi connectivity index (χ1) is 17.2. The van der Waals surface area contributed by atoms with Gasteiger partial charge in [0.1, 0.15) is 23.2 Å². The Bertz CT molecular complexity index is 1310. The van der Waals surface area contributed by atoms with Crippen molar-refractivity contribution in [2.75, 3.05) is 17.2 Å². The van der Waals surface area contributed by atoms with Gasteiger partial charge in [0.25, 0.3) is 0 Å². The standard InChI is InChI=1S/C27H25N5O3/c28-26(33)24-16-20-17-32(24)15-14-29-18-34-25-13-7-4-9-19(25)8-2-1-3-12-23-27(35-20)31-22-11-6-5-10-21(22)30-23/h1-7,9-16,18,24,30-31H,8,17H2,(H2,28,33)/b2-1+,12-3+,15-14+,29-18+. The van der Waals surface area contributed by atoms with Gasteiger partial charge in [-0.25, -0.2) is 4.99 Å². The molecule has 2 aromatic carbocycles. The maximum atomic E-state index is 12.1. The Labute approximate surface area is 203 Å². The number of allylic oxidation sites excluding steroid dienone is 4. The molecule has 3 aliphatic rings. The fourth-order valence-electron chi connectivity index (χ4n) is 3.94. The van der Waals surface area contributed by atoms with E-state index >= 15 is 0 Å². The number of ether oxygens (including phenoxy) is 2. The fourth-order valence-corrected chi connectivity index (χ4v) is 3.94. The number of rotatable bonds is 1. The Morgan fingerprint density at radius 3 is 2.71 bits per heavy atom. The highest BCUT2D eigenvalue weighted by Gasteiger charge is 2.29. The van der Waals surface area contributed by atoms with Crippen molar-refractivity contribution in [3.8, 4) is 5.75 Å². The van der Waals surface area contributed by atoms with Gasteiger partial charge < -0.3 is 30.7 Å². The van der Waals surface area contributed by atoms with Gasteiger partial charge in [-0.3, -0.25) is 4.79 Å². The van der Waals surface area contributed by atoms with Crippen molar-refractivity contribution in [3.63, 3.8) is 0 Å². The number of amides is 1. The second kappa shape index (κ2) is 10.0. The van der Waals surface area contributed by atoms with E-state index in [-0.39, 0.29) is 0 Å². The number of nitrogens with zero attached hydrogens (tertiary/aromatic N) is 2. The van der Waals surface area contributed by atoms with E-state index in [9.17, 15) is 4.79 Å². The van der Waals surface area contributed by atoms with E-state index in [1.165, 1.54) is 6.40 Å². The number of hydrogen-bond donors (Lipinski definition) is 3. The molecule has 35 heavy (non-hydrogen) atoms. The molecule has 0 fully saturated rings. The van der Waals surface area contributed by atoms with Crippen LogP contribution in [0.4, 0.5) is 11.4 Å². The number of benzene rings is 2. The number of nitrogens with two attached hydrogens (primary N) is 1. The van der Waals surface area contributed by atoms with Gasteiger partial charge in [-0.05, 0) is 42.3 Å². The zero-order chi connectivity index (χ0) is 24.0. The van der Waals surface area contributed by atoms with E-state index in [4.69, 9.17) is 15.2 Å².